The Morgan fingerprint density at radius 1 is 1.56 bits per heavy atom. The van der Waals surface area contributed by atoms with Crippen LogP contribution in [0.15, 0.2) is 0 Å². The van der Waals surface area contributed by atoms with Gasteiger partial charge in [0.2, 0.25) is 0 Å². The van der Waals surface area contributed by atoms with Crippen molar-refractivity contribution in [3.63, 3.8) is 0 Å². The van der Waals surface area contributed by atoms with Gasteiger partial charge in [0.1, 0.15) is 0 Å². The quantitative estimate of drug-likeness (QED) is 0.356. The summed E-state index contributed by atoms with van der Waals surface area (Å²) in [5.41, 5.74) is 0. The summed E-state index contributed by atoms with van der Waals surface area (Å²) in [6, 6.07) is 0. The Bertz CT molecular complexity index is 56.2. The molecule has 0 aliphatic rings. The Morgan fingerprint density at radius 3 is 1.67 bits per heavy atom. The summed E-state index contributed by atoms with van der Waals surface area (Å²) in [7, 11) is 3.25. The van der Waals surface area contributed by atoms with Gasteiger partial charge in [0.05, 0.1) is 0 Å². The molecule has 0 aromatic heterocycles. The average molecular weight is 142 g/mol. The summed E-state index contributed by atoms with van der Waals surface area (Å²) in [5, 5.41) is 9.26. The van der Waals surface area contributed by atoms with E-state index in [-0.39, 0.29) is 36.0 Å². The molecule has 0 aromatic rings. The van der Waals surface area contributed by atoms with E-state index in [0.29, 0.717) is 0 Å². The van der Waals surface area contributed by atoms with Crippen LogP contribution in [0.1, 0.15) is 13.3 Å². The van der Waals surface area contributed by atoms with E-state index in [1.807, 2.05) is 0 Å². The first-order chi connectivity index (χ1) is 3.68. The smallest absolute Gasteiger partial charge is 0.550 e. The standard InChI is InChI=1S/C3H6O2.C2H6O.Na/c1-2-3(4)5;1-3-2;/h2H2,1H3,(H,4,5);1-2H3;/q;;+1/p-1. The largest absolute Gasteiger partial charge is 1.00 e. The maximum Gasteiger partial charge on any atom is 1.00 e. The molecule has 0 bridgehead atoms. The zero-order chi connectivity index (χ0) is 6.99. The van der Waals surface area contributed by atoms with Crippen molar-refractivity contribution in [2.45, 2.75) is 13.3 Å². The Balaban J connectivity index is -0.0000000800. The van der Waals surface area contributed by atoms with Crippen molar-refractivity contribution in [3.8, 4) is 0 Å². The van der Waals surface area contributed by atoms with Gasteiger partial charge in [-0.25, -0.2) is 0 Å². The molecule has 0 aliphatic heterocycles. The second-order valence-electron chi connectivity index (χ2n) is 1.13. The topological polar surface area (TPSA) is 49.4 Å². The molecular weight excluding hydrogens is 131 g/mol. The van der Waals surface area contributed by atoms with E-state index in [0.717, 1.165) is 0 Å². The number of hydrogen-bond donors (Lipinski definition) is 0. The number of carboxylic acid groups (broad SMARTS) is 1. The fourth-order valence-corrected chi connectivity index (χ4v) is 0. The van der Waals surface area contributed by atoms with Crippen molar-refractivity contribution >= 4 is 5.97 Å². The van der Waals surface area contributed by atoms with Crippen LogP contribution in [0.3, 0.4) is 0 Å². The fraction of sp³-hybridized carbons (Fsp3) is 0.800. The van der Waals surface area contributed by atoms with Crippen LogP contribution in [0.4, 0.5) is 0 Å². The summed E-state index contributed by atoms with van der Waals surface area (Å²) < 4.78 is 4.25. The number of methoxy groups -OCH3 is 1. The number of rotatable bonds is 1. The third kappa shape index (κ3) is 59.0. The molecule has 0 amide bonds. The van der Waals surface area contributed by atoms with Crippen LogP contribution < -0.4 is 34.7 Å². The summed E-state index contributed by atoms with van der Waals surface area (Å²) in [6.45, 7) is 1.54. The van der Waals surface area contributed by atoms with E-state index in [4.69, 9.17) is 0 Å². The van der Waals surface area contributed by atoms with Gasteiger partial charge in [-0.05, 0) is 6.42 Å². The van der Waals surface area contributed by atoms with Gasteiger partial charge in [-0.15, -0.1) is 0 Å². The molecule has 0 aliphatic carbocycles. The Hall–Kier alpha value is 0.430. The number of hydrogen-bond acceptors (Lipinski definition) is 3. The van der Waals surface area contributed by atoms with Crippen molar-refractivity contribution < 1.29 is 44.2 Å². The van der Waals surface area contributed by atoms with E-state index in [2.05, 4.69) is 4.74 Å². The van der Waals surface area contributed by atoms with Gasteiger partial charge < -0.3 is 14.6 Å². The molecule has 0 rings (SSSR count). The van der Waals surface area contributed by atoms with E-state index in [1.165, 1.54) is 6.92 Å². The number of carboxylic acids is 1. The SMILES string of the molecule is CCC(=O)[O-].COC.[Na+]. The van der Waals surface area contributed by atoms with Gasteiger partial charge >= 0.3 is 29.6 Å². The van der Waals surface area contributed by atoms with E-state index >= 15 is 0 Å². The van der Waals surface area contributed by atoms with Crippen LogP contribution in [0.5, 0.6) is 0 Å². The van der Waals surface area contributed by atoms with Gasteiger partial charge in [-0.3, -0.25) is 0 Å². The fourth-order valence-electron chi connectivity index (χ4n) is 0. The Morgan fingerprint density at radius 2 is 1.67 bits per heavy atom. The number of ether oxygens (including phenoxy) is 1. The van der Waals surface area contributed by atoms with Gasteiger partial charge in [-0.2, -0.15) is 0 Å². The van der Waals surface area contributed by atoms with Crippen LogP contribution in [0, 0.1) is 0 Å². The minimum Gasteiger partial charge on any atom is -0.550 e. The third-order valence-electron chi connectivity index (χ3n) is 0.289. The minimum absolute atomic E-state index is 0. The molecule has 0 heterocycles. The summed E-state index contributed by atoms with van der Waals surface area (Å²) >= 11 is 0. The second kappa shape index (κ2) is 15.8. The Labute approximate surface area is 77.7 Å². The van der Waals surface area contributed by atoms with Crippen LogP contribution in [-0.4, -0.2) is 20.2 Å². The molecule has 0 radical (unpaired) electrons. The molecule has 0 atom stereocenters. The third-order valence-corrected chi connectivity index (χ3v) is 0.289. The van der Waals surface area contributed by atoms with Crippen LogP contribution in [0.25, 0.3) is 0 Å². The van der Waals surface area contributed by atoms with Gasteiger partial charge in [0.25, 0.3) is 0 Å². The molecule has 0 saturated heterocycles. The summed E-state index contributed by atoms with van der Waals surface area (Å²) in [4.78, 5) is 9.26. The van der Waals surface area contributed by atoms with Gasteiger partial charge in [0, 0.05) is 20.2 Å². The van der Waals surface area contributed by atoms with E-state index in [9.17, 15) is 9.90 Å². The van der Waals surface area contributed by atoms with Crippen molar-refractivity contribution in [1.82, 2.24) is 0 Å². The minimum atomic E-state index is -0.995. The zero-order valence-electron chi connectivity index (χ0n) is 6.43. The van der Waals surface area contributed by atoms with Gasteiger partial charge in [0.15, 0.2) is 0 Å². The van der Waals surface area contributed by atoms with Crippen LogP contribution >= 0.6 is 0 Å². The molecule has 0 spiro atoms. The van der Waals surface area contributed by atoms with Crippen molar-refractivity contribution in [2.24, 2.45) is 0 Å². The summed E-state index contributed by atoms with van der Waals surface area (Å²) in [5.74, 6) is -0.995. The molecule has 9 heavy (non-hydrogen) atoms. The van der Waals surface area contributed by atoms with Crippen molar-refractivity contribution in [3.05, 3.63) is 0 Å². The number of aliphatic carboxylic acids is 1. The van der Waals surface area contributed by atoms with Crippen LogP contribution in [0.2, 0.25) is 0 Å². The molecule has 0 N–H and O–H groups in total. The normalized spacial score (nSPS) is 6.11. The molecule has 50 valence electrons. The van der Waals surface area contributed by atoms with Crippen LogP contribution in [-0.2, 0) is 9.53 Å². The van der Waals surface area contributed by atoms with Crippen molar-refractivity contribution in [2.75, 3.05) is 14.2 Å². The zero-order valence-corrected chi connectivity index (χ0v) is 8.43. The van der Waals surface area contributed by atoms with Gasteiger partial charge in [-0.1, -0.05) is 6.92 Å². The molecular formula is C5H11NaO3. The monoisotopic (exact) mass is 142 g/mol. The average Bonchev–Trinajstić information content (AvgIpc) is 1.69. The second-order valence-corrected chi connectivity index (χ2v) is 1.13. The number of carbonyl (C=O) groups is 1. The first kappa shape index (κ1) is 16.2. The Kier molecular flexibility index (Phi) is 28.4. The maximum atomic E-state index is 9.26. The maximum absolute atomic E-state index is 9.26. The first-order valence-electron chi connectivity index (χ1n) is 2.29. The molecule has 4 heteroatoms. The first-order valence-corrected chi connectivity index (χ1v) is 2.29. The predicted molar refractivity (Wildman–Crippen MR) is 28.2 cm³/mol. The molecule has 0 unspecified atom stereocenters. The van der Waals surface area contributed by atoms with Crippen molar-refractivity contribution in [1.29, 1.82) is 0 Å². The molecule has 0 saturated carbocycles. The molecule has 0 fully saturated rings. The molecule has 3 nitrogen and oxygen atoms in total. The molecule has 0 aromatic carbocycles. The number of carbonyl (C=O) groups excluding carboxylic acids is 1. The van der Waals surface area contributed by atoms with E-state index < -0.39 is 5.97 Å². The van der Waals surface area contributed by atoms with E-state index in [1.54, 1.807) is 14.2 Å². The predicted octanol–water partition coefficient (Wildman–Crippen LogP) is -3.59. The summed E-state index contributed by atoms with van der Waals surface area (Å²) in [6.07, 6.45) is 0.111.